The van der Waals surface area contributed by atoms with Crippen LogP contribution in [0.3, 0.4) is 0 Å². The van der Waals surface area contributed by atoms with Gasteiger partial charge < -0.3 is 23.7 Å². The van der Waals surface area contributed by atoms with E-state index in [-0.39, 0.29) is 0 Å². The number of para-hydroxylation sites is 4. The number of aromatic nitrogens is 3. The molecule has 6 heteroatoms. The van der Waals surface area contributed by atoms with Crippen molar-refractivity contribution in [1.82, 2.24) is 13.7 Å². The lowest BCUT2D eigenvalue weighted by Crippen LogP contribution is -2.29. The van der Waals surface area contributed by atoms with Gasteiger partial charge in [-0.05, 0) is 113 Å². The Bertz CT molecular complexity index is 3290. The second-order valence-electron chi connectivity index (χ2n) is 15.6. The Hall–Kier alpha value is -7.64. The quantitative estimate of drug-likeness (QED) is 0.166. The Morgan fingerprint density at radius 3 is 0.883 bits per heavy atom. The summed E-state index contributed by atoms with van der Waals surface area (Å²) in [7, 11) is -1.52. The first-order chi connectivity index (χ1) is 29.6. The molecule has 5 nitrogen and oxygen atoms in total. The normalized spacial score (nSPS) is 11.8. The number of fused-ring (bicyclic) bond motifs is 9. The molecule has 12 aromatic rings. The van der Waals surface area contributed by atoms with E-state index < -0.39 is 7.12 Å². The van der Waals surface area contributed by atoms with Crippen molar-refractivity contribution < 1.29 is 10.0 Å². The van der Waals surface area contributed by atoms with Crippen molar-refractivity contribution in [3.8, 4) is 39.3 Å². The average Bonchev–Trinajstić information content (AvgIpc) is 3.94. The Kier molecular flexibility index (Phi) is 7.72. The number of benzene rings is 9. The lowest BCUT2D eigenvalue weighted by molar-refractivity contribution is 0.426. The van der Waals surface area contributed by atoms with Crippen molar-refractivity contribution in [3.63, 3.8) is 0 Å². The fourth-order valence-electron chi connectivity index (χ4n) is 9.46. The fraction of sp³-hybridized carbons (Fsp3) is 0. The van der Waals surface area contributed by atoms with Crippen LogP contribution in [0.5, 0.6) is 0 Å². The maximum atomic E-state index is 9.84. The van der Waals surface area contributed by atoms with E-state index in [1.54, 1.807) is 12.1 Å². The summed E-state index contributed by atoms with van der Waals surface area (Å²) in [4.78, 5) is 0. The first kappa shape index (κ1) is 34.4. The molecule has 0 saturated heterocycles. The monoisotopic (exact) mass is 769 g/mol. The standard InChI is InChI=1S/C54H36BN3O2/c59-55(60)39-23-29-42(30-24-39)58-53-31-21-37(35-17-25-40(26-18-35)56-49-13-5-1-9-43(49)44-10-2-6-14-50(44)56)33-47(53)48-34-38(22-32-54(48)58)36-19-27-41(28-20-36)57-51-15-7-3-11-45(51)46-12-4-8-16-52(46)57/h1-34,59-60H. The van der Waals surface area contributed by atoms with Crippen molar-refractivity contribution in [3.05, 3.63) is 206 Å². The summed E-state index contributed by atoms with van der Waals surface area (Å²) in [5.41, 5.74) is 15.1. The van der Waals surface area contributed by atoms with Crippen LogP contribution in [0.25, 0.3) is 105 Å². The van der Waals surface area contributed by atoms with Gasteiger partial charge in [0, 0.05) is 49.4 Å². The number of rotatable bonds is 6. The number of nitrogens with zero attached hydrogens (tertiary/aromatic N) is 3. The van der Waals surface area contributed by atoms with Crippen LogP contribution >= 0.6 is 0 Å². The van der Waals surface area contributed by atoms with Gasteiger partial charge in [-0.25, -0.2) is 0 Å². The third kappa shape index (κ3) is 5.29. The third-order valence-corrected chi connectivity index (χ3v) is 12.3. The SMILES string of the molecule is OB(O)c1ccc(-n2c3ccc(-c4ccc(-n5c6ccccc6c6ccccc65)cc4)cc3c3cc(-c4ccc(-n5c6ccccc6c6ccccc65)cc4)ccc32)cc1. The molecule has 0 amide bonds. The molecule has 0 atom stereocenters. The van der Waals surface area contributed by atoms with Crippen LogP contribution in [0.4, 0.5) is 0 Å². The molecule has 60 heavy (non-hydrogen) atoms. The van der Waals surface area contributed by atoms with E-state index in [0.717, 1.165) is 61.1 Å². The molecule has 0 spiro atoms. The molecule has 282 valence electrons. The van der Waals surface area contributed by atoms with Crippen LogP contribution in [-0.2, 0) is 0 Å². The van der Waals surface area contributed by atoms with Gasteiger partial charge in [-0.1, -0.05) is 121 Å². The van der Waals surface area contributed by atoms with E-state index in [0.29, 0.717) is 5.46 Å². The van der Waals surface area contributed by atoms with Gasteiger partial charge in [0.25, 0.3) is 0 Å². The fourth-order valence-corrected chi connectivity index (χ4v) is 9.46. The van der Waals surface area contributed by atoms with Crippen molar-refractivity contribution in [1.29, 1.82) is 0 Å². The first-order valence-electron chi connectivity index (χ1n) is 20.3. The molecule has 0 bridgehead atoms. The van der Waals surface area contributed by atoms with E-state index in [9.17, 15) is 10.0 Å². The number of hydrogen-bond acceptors (Lipinski definition) is 2. The molecule has 12 rings (SSSR count). The van der Waals surface area contributed by atoms with Crippen LogP contribution in [0.1, 0.15) is 0 Å². The van der Waals surface area contributed by atoms with Crippen LogP contribution in [0.2, 0.25) is 0 Å². The van der Waals surface area contributed by atoms with E-state index >= 15 is 0 Å². The predicted molar refractivity (Wildman–Crippen MR) is 250 cm³/mol. The minimum atomic E-state index is -1.52. The summed E-state index contributed by atoms with van der Waals surface area (Å²) in [6.07, 6.45) is 0. The van der Waals surface area contributed by atoms with Gasteiger partial charge in [0.15, 0.2) is 0 Å². The lowest BCUT2D eigenvalue weighted by atomic mass is 9.80. The Morgan fingerprint density at radius 2 is 0.550 bits per heavy atom. The van der Waals surface area contributed by atoms with Gasteiger partial charge in [-0.15, -0.1) is 0 Å². The number of hydrogen-bond donors (Lipinski definition) is 2. The first-order valence-corrected chi connectivity index (χ1v) is 20.3. The summed E-state index contributed by atoms with van der Waals surface area (Å²) in [5.74, 6) is 0. The molecule has 2 N–H and O–H groups in total. The molecule has 3 heterocycles. The summed E-state index contributed by atoms with van der Waals surface area (Å²) < 4.78 is 6.97. The molecular weight excluding hydrogens is 733 g/mol. The highest BCUT2D eigenvalue weighted by Gasteiger charge is 2.18. The molecule has 0 fully saturated rings. The Morgan fingerprint density at radius 1 is 0.267 bits per heavy atom. The molecule has 3 aromatic heterocycles. The lowest BCUT2D eigenvalue weighted by Gasteiger charge is -2.11. The highest BCUT2D eigenvalue weighted by molar-refractivity contribution is 6.58. The average molecular weight is 770 g/mol. The van der Waals surface area contributed by atoms with E-state index in [2.05, 4.69) is 196 Å². The van der Waals surface area contributed by atoms with Gasteiger partial charge in [0.05, 0.1) is 33.1 Å². The van der Waals surface area contributed by atoms with Crippen LogP contribution in [-0.4, -0.2) is 30.9 Å². The highest BCUT2D eigenvalue weighted by Crippen LogP contribution is 2.39. The second kappa shape index (κ2) is 13.5. The van der Waals surface area contributed by atoms with Crippen molar-refractivity contribution >= 4 is 78.0 Å². The molecule has 9 aromatic carbocycles. The van der Waals surface area contributed by atoms with E-state index in [1.807, 2.05) is 12.1 Å². The minimum absolute atomic E-state index is 0.456. The van der Waals surface area contributed by atoms with Gasteiger partial charge in [0.2, 0.25) is 0 Å². The summed E-state index contributed by atoms with van der Waals surface area (Å²) in [6, 6.07) is 73.1. The van der Waals surface area contributed by atoms with Gasteiger partial charge in [-0.2, -0.15) is 0 Å². The van der Waals surface area contributed by atoms with Gasteiger partial charge >= 0.3 is 7.12 Å². The Labute approximate surface area is 346 Å². The maximum Gasteiger partial charge on any atom is 0.488 e. The van der Waals surface area contributed by atoms with E-state index in [1.165, 1.54) is 43.6 Å². The molecule has 0 saturated carbocycles. The smallest absolute Gasteiger partial charge is 0.423 e. The van der Waals surface area contributed by atoms with E-state index in [4.69, 9.17) is 0 Å². The zero-order chi connectivity index (χ0) is 39.9. The van der Waals surface area contributed by atoms with Crippen LogP contribution < -0.4 is 5.46 Å². The van der Waals surface area contributed by atoms with Crippen molar-refractivity contribution in [2.24, 2.45) is 0 Å². The largest absolute Gasteiger partial charge is 0.488 e. The van der Waals surface area contributed by atoms with Crippen LogP contribution in [0.15, 0.2) is 206 Å². The maximum absolute atomic E-state index is 9.84. The zero-order valence-electron chi connectivity index (χ0n) is 32.4. The molecule has 0 aliphatic heterocycles. The topological polar surface area (TPSA) is 55.2 Å². The Balaban J connectivity index is 0.977. The molecular formula is C54H36BN3O2. The van der Waals surface area contributed by atoms with Crippen molar-refractivity contribution in [2.45, 2.75) is 0 Å². The summed E-state index contributed by atoms with van der Waals surface area (Å²) in [5, 5.41) is 27.0. The minimum Gasteiger partial charge on any atom is -0.423 e. The molecule has 0 aliphatic rings. The van der Waals surface area contributed by atoms with Gasteiger partial charge in [-0.3, -0.25) is 0 Å². The molecule has 0 radical (unpaired) electrons. The second-order valence-corrected chi connectivity index (χ2v) is 15.6. The highest BCUT2D eigenvalue weighted by atomic mass is 16.4. The van der Waals surface area contributed by atoms with Crippen molar-refractivity contribution in [2.75, 3.05) is 0 Å². The van der Waals surface area contributed by atoms with Crippen LogP contribution in [0, 0.1) is 0 Å². The molecule has 0 aliphatic carbocycles. The third-order valence-electron chi connectivity index (χ3n) is 12.3. The predicted octanol–water partition coefficient (Wildman–Crippen LogP) is 12.0. The summed E-state index contributed by atoms with van der Waals surface area (Å²) in [6.45, 7) is 0. The summed E-state index contributed by atoms with van der Waals surface area (Å²) >= 11 is 0. The van der Waals surface area contributed by atoms with Gasteiger partial charge in [0.1, 0.15) is 0 Å². The zero-order valence-corrected chi connectivity index (χ0v) is 32.4. The molecule has 0 unspecified atom stereocenters.